The summed E-state index contributed by atoms with van der Waals surface area (Å²) in [6.45, 7) is 4.64. The molecule has 2 rings (SSSR count). The second-order valence-corrected chi connectivity index (χ2v) is 9.39. The van der Waals surface area contributed by atoms with Crippen LogP contribution in [0.4, 0.5) is 0 Å². The Balaban J connectivity index is 2.07. The van der Waals surface area contributed by atoms with E-state index in [0.717, 1.165) is 32.1 Å². The molecule has 0 aromatic rings. The van der Waals surface area contributed by atoms with E-state index >= 15 is 0 Å². The maximum Gasteiger partial charge on any atom is 0.305 e. The quantitative estimate of drug-likeness (QED) is 0.192. The van der Waals surface area contributed by atoms with Gasteiger partial charge in [0.15, 0.2) is 12.6 Å². The van der Waals surface area contributed by atoms with Crippen molar-refractivity contribution in [2.75, 3.05) is 6.61 Å². The van der Waals surface area contributed by atoms with Crippen molar-refractivity contribution in [3.8, 4) is 0 Å². The van der Waals surface area contributed by atoms with E-state index in [1.807, 2.05) is 0 Å². The average Bonchev–Trinajstić information content (AvgIpc) is 2.78. The van der Waals surface area contributed by atoms with E-state index in [0.29, 0.717) is 6.42 Å². The molecule has 0 saturated carbocycles. The van der Waals surface area contributed by atoms with Gasteiger partial charge in [0.2, 0.25) is 0 Å². The van der Waals surface area contributed by atoms with E-state index in [9.17, 15) is 35.4 Å². The molecule has 6 N–H and O–H groups in total. The van der Waals surface area contributed by atoms with Gasteiger partial charge in [0.1, 0.15) is 24.4 Å². The average molecular weight is 495 g/mol. The SMILES string of the molecule is CCCCCCCC(CC(=O)O)OC1OC(C)C(O)C(OC2OC(C)C(O)C(O)C2CO)C1O. The highest BCUT2D eigenvalue weighted by atomic mass is 16.7. The van der Waals surface area contributed by atoms with Gasteiger partial charge in [-0.3, -0.25) is 4.79 Å². The monoisotopic (exact) mass is 494 g/mol. The third-order valence-corrected chi connectivity index (χ3v) is 6.61. The summed E-state index contributed by atoms with van der Waals surface area (Å²) in [5.41, 5.74) is 0. The van der Waals surface area contributed by atoms with Gasteiger partial charge in [0.25, 0.3) is 0 Å². The van der Waals surface area contributed by atoms with Gasteiger partial charge in [0, 0.05) is 0 Å². The molecule has 11 heteroatoms. The predicted molar refractivity (Wildman–Crippen MR) is 119 cm³/mol. The van der Waals surface area contributed by atoms with Crippen LogP contribution < -0.4 is 0 Å². The first kappa shape index (κ1) is 29.3. The van der Waals surface area contributed by atoms with E-state index in [-0.39, 0.29) is 6.42 Å². The lowest BCUT2D eigenvalue weighted by atomic mass is 9.91. The standard InChI is InChI=1S/C23H42O11/c1-4-5-6-7-8-9-14(10-16(25)26)33-23-20(30)21(18(28)13(3)32-23)34-22-15(11-24)19(29)17(27)12(2)31-22/h12-15,17-24,27-30H,4-11H2,1-3H3,(H,25,26). The summed E-state index contributed by atoms with van der Waals surface area (Å²) >= 11 is 0. The van der Waals surface area contributed by atoms with Gasteiger partial charge >= 0.3 is 5.97 Å². The van der Waals surface area contributed by atoms with Crippen LogP contribution in [0.1, 0.15) is 65.7 Å². The zero-order valence-electron chi connectivity index (χ0n) is 20.2. The van der Waals surface area contributed by atoms with E-state index in [1.165, 1.54) is 6.92 Å². The van der Waals surface area contributed by atoms with Gasteiger partial charge in [-0.15, -0.1) is 0 Å². The smallest absolute Gasteiger partial charge is 0.305 e. The molecular weight excluding hydrogens is 452 g/mol. The number of aliphatic hydroxyl groups is 5. The first-order valence-electron chi connectivity index (χ1n) is 12.3. The van der Waals surface area contributed by atoms with Crippen molar-refractivity contribution in [2.24, 2.45) is 5.92 Å². The van der Waals surface area contributed by atoms with Crippen molar-refractivity contribution < 1.29 is 54.4 Å². The molecule has 34 heavy (non-hydrogen) atoms. The number of aliphatic carboxylic acids is 1. The topological polar surface area (TPSA) is 175 Å². The highest BCUT2D eigenvalue weighted by Gasteiger charge is 2.50. The molecule has 0 aromatic heterocycles. The van der Waals surface area contributed by atoms with Crippen LogP contribution in [0.5, 0.6) is 0 Å². The Hall–Kier alpha value is -0.890. The van der Waals surface area contributed by atoms with Crippen LogP contribution in [0.3, 0.4) is 0 Å². The van der Waals surface area contributed by atoms with Crippen LogP contribution in [0.15, 0.2) is 0 Å². The molecule has 2 fully saturated rings. The fourth-order valence-electron chi connectivity index (χ4n) is 4.42. The lowest BCUT2D eigenvalue weighted by Crippen LogP contribution is -2.62. The maximum absolute atomic E-state index is 11.3. The molecule has 0 spiro atoms. The molecule has 0 bridgehead atoms. The van der Waals surface area contributed by atoms with Crippen LogP contribution in [-0.2, 0) is 23.7 Å². The van der Waals surface area contributed by atoms with Gasteiger partial charge in [-0.2, -0.15) is 0 Å². The molecule has 2 saturated heterocycles. The first-order chi connectivity index (χ1) is 16.1. The molecular formula is C23H42O11. The summed E-state index contributed by atoms with van der Waals surface area (Å²) in [6.07, 6.45) is -6.25. The Kier molecular flexibility index (Phi) is 12.1. The minimum absolute atomic E-state index is 0.261. The normalized spacial score (nSPS) is 39.6. The molecule has 11 nitrogen and oxygen atoms in total. The lowest BCUT2D eigenvalue weighted by Gasteiger charge is -2.46. The maximum atomic E-state index is 11.3. The van der Waals surface area contributed by atoms with Crippen molar-refractivity contribution >= 4 is 5.97 Å². The highest BCUT2D eigenvalue weighted by molar-refractivity contribution is 5.67. The Morgan fingerprint density at radius 3 is 2.12 bits per heavy atom. The predicted octanol–water partition coefficient (Wildman–Crippen LogP) is 0.134. The van der Waals surface area contributed by atoms with E-state index in [2.05, 4.69) is 6.92 Å². The molecule has 0 amide bonds. The number of carboxylic acid groups (broad SMARTS) is 1. The first-order valence-corrected chi connectivity index (χ1v) is 12.3. The van der Waals surface area contributed by atoms with Crippen molar-refractivity contribution in [1.29, 1.82) is 0 Å². The number of aliphatic hydroxyl groups excluding tert-OH is 5. The van der Waals surface area contributed by atoms with Gasteiger partial charge < -0.3 is 49.6 Å². The van der Waals surface area contributed by atoms with Gasteiger partial charge in [-0.05, 0) is 20.3 Å². The minimum atomic E-state index is -1.50. The highest BCUT2D eigenvalue weighted by Crippen LogP contribution is 2.32. The summed E-state index contributed by atoms with van der Waals surface area (Å²) in [7, 11) is 0. The zero-order valence-corrected chi connectivity index (χ0v) is 20.2. The molecule has 2 aliphatic heterocycles. The van der Waals surface area contributed by atoms with Gasteiger partial charge in [-0.25, -0.2) is 0 Å². The second kappa shape index (κ2) is 14.0. The van der Waals surface area contributed by atoms with Crippen molar-refractivity contribution in [2.45, 2.75) is 127 Å². The summed E-state index contributed by atoms with van der Waals surface area (Å²) in [5.74, 6) is -2.04. The number of hydrogen-bond donors (Lipinski definition) is 6. The second-order valence-electron chi connectivity index (χ2n) is 9.39. The number of unbranched alkanes of at least 4 members (excludes halogenated alkanes) is 4. The third kappa shape index (κ3) is 7.81. The molecule has 11 unspecified atom stereocenters. The van der Waals surface area contributed by atoms with Crippen LogP contribution in [0, 0.1) is 5.92 Å². The minimum Gasteiger partial charge on any atom is -0.481 e. The molecule has 0 radical (unpaired) electrons. The number of hydrogen-bond acceptors (Lipinski definition) is 10. The van der Waals surface area contributed by atoms with Gasteiger partial charge in [0.05, 0.1) is 43.4 Å². The molecule has 2 aliphatic rings. The molecule has 0 aliphatic carbocycles. The van der Waals surface area contributed by atoms with E-state index in [4.69, 9.17) is 18.9 Å². The summed E-state index contributed by atoms with van der Waals surface area (Å²) in [4.78, 5) is 11.3. The molecule has 200 valence electrons. The number of ether oxygens (including phenoxy) is 4. The Morgan fingerprint density at radius 2 is 1.50 bits per heavy atom. The number of carbonyl (C=O) groups is 1. The molecule has 2 heterocycles. The Morgan fingerprint density at radius 1 is 0.882 bits per heavy atom. The summed E-state index contributed by atoms with van der Waals surface area (Å²) < 4.78 is 22.9. The van der Waals surface area contributed by atoms with Crippen molar-refractivity contribution in [3.05, 3.63) is 0 Å². The van der Waals surface area contributed by atoms with Crippen LogP contribution >= 0.6 is 0 Å². The van der Waals surface area contributed by atoms with Crippen LogP contribution in [-0.4, -0.2) is 105 Å². The molecule has 0 aromatic carbocycles. The number of rotatable bonds is 13. The third-order valence-electron chi connectivity index (χ3n) is 6.61. The zero-order chi connectivity index (χ0) is 25.4. The van der Waals surface area contributed by atoms with E-state index < -0.39 is 79.9 Å². The lowest BCUT2D eigenvalue weighted by molar-refractivity contribution is -0.354. The Bertz CT molecular complexity index is 605. The molecule has 11 atom stereocenters. The largest absolute Gasteiger partial charge is 0.481 e. The fraction of sp³-hybridized carbons (Fsp3) is 0.957. The fourth-order valence-corrected chi connectivity index (χ4v) is 4.42. The van der Waals surface area contributed by atoms with Crippen molar-refractivity contribution in [3.63, 3.8) is 0 Å². The van der Waals surface area contributed by atoms with Crippen molar-refractivity contribution in [1.82, 2.24) is 0 Å². The number of carboxylic acids is 1. The van der Waals surface area contributed by atoms with Gasteiger partial charge in [-0.1, -0.05) is 39.0 Å². The van der Waals surface area contributed by atoms with Crippen LogP contribution in [0.2, 0.25) is 0 Å². The summed E-state index contributed by atoms with van der Waals surface area (Å²) in [6, 6.07) is 0. The van der Waals surface area contributed by atoms with E-state index in [1.54, 1.807) is 6.92 Å². The van der Waals surface area contributed by atoms with Crippen LogP contribution in [0.25, 0.3) is 0 Å². The summed E-state index contributed by atoms with van der Waals surface area (Å²) in [5, 5.41) is 60.8. The Labute approximate surface area is 200 Å².